The second-order valence-electron chi connectivity index (χ2n) is 5.91. The van der Waals surface area contributed by atoms with Gasteiger partial charge in [-0.1, -0.05) is 64.5 Å². The van der Waals surface area contributed by atoms with Gasteiger partial charge in [0.1, 0.15) is 0 Å². The van der Waals surface area contributed by atoms with Gasteiger partial charge >= 0.3 is 0 Å². The lowest BCUT2D eigenvalue weighted by molar-refractivity contribution is 1.18. The largest absolute Gasteiger partial charge is 0.309 e. The molecule has 2 heteroatoms. The maximum absolute atomic E-state index is 3.63. The van der Waals surface area contributed by atoms with Crippen LogP contribution in [0.1, 0.15) is 5.56 Å². The Kier molecular flexibility index (Phi) is 2.77. The first-order valence-corrected chi connectivity index (χ1v) is 8.89. The molecule has 0 saturated carbocycles. The third-order valence-electron chi connectivity index (χ3n) is 4.71. The maximum Gasteiger partial charge on any atom is 0.0547 e. The summed E-state index contributed by atoms with van der Waals surface area (Å²) in [5, 5.41) is 6.27. The molecule has 5 rings (SSSR count). The third kappa shape index (κ3) is 1.73. The minimum atomic E-state index is 0.878. The van der Waals surface area contributed by atoms with E-state index in [0.717, 1.165) is 5.33 Å². The van der Waals surface area contributed by atoms with Gasteiger partial charge in [-0.05, 0) is 40.6 Å². The number of hydrogen-bond acceptors (Lipinski definition) is 0. The van der Waals surface area contributed by atoms with Crippen LogP contribution in [0.5, 0.6) is 0 Å². The molecule has 0 radical (unpaired) electrons. The van der Waals surface area contributed by atoms with Crippen LogP contribution in [0.2, 0.25) is 0 Å². The molecule has 0 fully saturated rings. The molecule has 0 unspecified atom stereocenters. The van der Waals surface area contributed by atoms with Gasteiger partial charge in [-0.25, -0.2) is 0 Å². The molecular formula is C21H14BrN. The van der Waals surface area contributed by atoms with Crippen molar-refractivity contribution in [2.24, 2.45) is 0 Å². The topological polar surface area (TPSA) is 4.93 Å². The molecule has 23 heavy (non-hydrogen) atoms. The van der Waals surface area contributed by atoms with Gasteiger partial charge in [-0.2, -0.15) is 0 Å². The number of nitrogens with zero attached hydrogens (tertiary/aromatic N) is 1. The van der Waals surface area contributed by atoms with E-state index in [1.54, 1.807) is 0 Å². The minimum Gasteiger partial charge on any atom is -0.309 e. The zero-order chi connectivity index (χ0) is 15.4. The van der Waals surface area contributed by atoms with E-state index in [4.69, 9.17) is 0 Å². The molecular weight excluding hydrogens is 346 g/mol. The fourth-order valence-corrected chi connectivity index (χ4v) is 4.21. The molecule has 0 aliphatic rings. The first kappa shape index (κ1) is 13.1. The molecule has 0 amide bonds. The highest BCUT2D eigenvalue weighted by molar-refractivity contribution is 9.08. The lowest BCUT2D eigenvalue weighted by Gasteiger charge is -2.08. The van der Waals surface area contributed by atoms with Gasteiger partial charge in [-0.3, -0.25) is 0 Å². The van der Waals surface area contributed by atoms with E-state index in [1.807, 2.05) is 0 Å². The fraction of sp³-hybridized carbons (Fsp3) is 0.0476. The van der Waals surface area contributed by atoms with E-state index in [-0.39, 0.29) is 0 Å². The summed E-state index contributed by atoms with van der Waals surface area (Å²) in [7, 11) is 0. The summed E-state index contributed by atoms with van der Waals surface area (Å²) in [4.78, 5) is 0. The van der Waals surface area contributed by atoms with Crippen LogP contribution in [0, 0.1) is 0 Å². The van der Waals surface area contributed by atoms with Gasteiger partial charge in [0.05, 0.1) is 11.0 Å². The van der Waals surface area contributed by atoms with Crippen molar-refractivity contribution in [3.8, 4) is 5.69 Å². The third-order valence-corrected chi connectivity index (χ3v) is 5.31. The van der Waals surface area contributed by atoms with Gasteiger partial charge in [-0.15, -0.1) is 0 Å². The van der Waals surface area contributed by atoms with E-state index in [1.165, 1.54) is 43.8 Å². The van der Waals surface area contributed by atoms with Crippen LogP contribution in [0.25, 0.3) is 38.3 Å². The highest BCUT2D eigenvalue weighted by Crippen LogP contribution is 2.40. The summed E-state index contributed by atoms with van der Waals surface area (Å²) in [5.41, 5.74) is 5.11. The van der Waals surface area contributed by atoms with Crippen LogP contribution in [-0.4, -0.2) is 4.57 Å². The lowest BCUT2D eigenvalue weighted by atomic mass is 9.99. The van der Waals surface area contributed by atoms with Gasteiger partial charge in [0.2, 0.25) is 0 Å². The Hall–Kier alpha value is -2.32. The number of halogens is 1. The second kappa shape index (κ2) is 4.84. The summed E-state index contributed by atoms with van der Waals surface area (Å²) in [6, 6.07) is 26.2. The van der Waals surface area contributed by atoms with Crippen LogP contribution in [0.4, 0.5) is 0 Å². The predicted molar refractivity (Wildman–Crippen MR) is 102 cm³/mol. The summed E-state index contributed by atoms with van der Waals surface area (Å²) >= 11 is 3.63. The van der Waals surface area contributed by atoms with E-state index in [2.05, 4.69) is 93.3 Å². The average molecular weight is 360 g/mol. The smallest absolute Gasteiger partial charge is 0.0547 e. The number of hydrogen-bond donors (Lipinski definition) is 0. The number of aromatic nitrogens is 1. The number of rotatable bonds is 2. The van der Waals surface area contributed by atoms with Crippen molar-refractivity contribution in [1.29, 1.82) is 0 Å². The zero-order valence-corrected chi connectivity index (χ0v) is 14.0. The van der Waals surface area contributed by atoms with E-state index >= 15 is 0 Å². The molecule has 0 aliphatic carbocycles. The van der Waals surface area contributed by atoms with Crippen molar-refractivity contribution in [2.45, 2.75) is 5.33 Å². The van der Waals surface area contributed by atoms with Crippen LogP contribution in [0.3, 0.4) is 0 Å². The molecule has 0 aliphatic heterocycles. The standard InChI is InChI=1S/C21H14BrN/c22-13-15-10-12-19-21-17(15)11-9-14-5-4-8-18(20(14)21)23(19)16-6-2-1-3-7-16/h1-12H,13H2. The van der Waals surface area contributed by atoms with E-state index in [9.17, 15) is 0 Å². The Morgan fingerprint density at radius 1 is 0.696 bits per heavy atom. The molecule has 5 aromatic rings. The van der Waals surface area contributed by atoms with Gasteiger partial charge in [0.25, 0.3) is 0 Å². The Bertz CT molecular complexity index is 1140. The van der Waals surface area contributed by atoms with Crippen molar-refractivity contribution < 1.29 is 0 Å². The predicted octanol–water partition coefficient (Wildman–Crippen LogP) is 6.27. The van der Waals surface area contributed by atoms with Gasteiger partial charge < -0.3 is 4.57 Å². The van der Waals surface area contributed by atoms with Crippen molar-refractivity contribution in [2.75, 3.05) is 0 Å². The Morgan fingerprint density at radius 3 is 2.35 bits per heavy atom. The van der Waals surface area contributed by atoms with Crippen LogP contribution in [0.15, 0.2) is 72.8 Å². The SMILES string of the molecule is BrCc1ccc2c3c1ccc1cccc(c13)n2-c1ccccc1. The molecule has 110 valence electrons. The van der Waals surface area contributed by atoms with Crippen LogP contribution < -0.4 is 0 Å². The van der Waals surface area contributed by atoms with Crippen LogP contribution >= 0.6 is 15.9 Å². The van der Waals surface area contributed by atoms with Crippen molar-refractivity contribution in [3.05, 3.63) is 78.4 Å². The molecule has 1 nitrogen and oxygen atoms in total. The average Bonchev–Trinajstić information content (AvgIpc) is 2.96. The number of para-hydroxylation sites is 1. The second-order valence-corrected chi connectivity index (χ2v) is 6.47. The normalized spacial score (nSPS) is 11.9. The Labute approximate surface area is 142 Å². The quantitative estimate of drug-likeness (QED) is 0.258. The first-order valence-electron chi connectivity index (χ1n) is 7.77. The van der Waals surface area contributed by atoms with Crippen molar-refractivity contribution in [3.63, 3.8) is 0 Å². The molecule has 1 heterocycles. The van der Waals surface area contributed by atoms with Gasteiger partial charge in [0.15, 0.2) is 0 Å². The van der Waals surface area contributed by atoms with Gasteiger partial charge in [0, 0.05) is 21.8 Å². The van der Waals surface area contributed by atoms with Crippen LogP contribution in [-0.2, 0) is 5.33 Å². The summed E-state index contributed by atoms with van der Waals surface area (Å²) in [6.07, 6.45) is 0. The van der Waals surface area contributed by atoms with Crippen molar-refractivity contribution >= 4 is 48.5 Å². The van der Waals surface area contributed by atoms with Crippen molar-refractivity contribution in [1.82, 2.24) is 4.57 Å². The minimum absolute atomic E-state index is 0.878. The maximum atomic E-state index is 3.63. The summed E-state index contributed by atoms with van der Waals surface area (Å²) in [5.74, 6) is 0. The fourth-order valence-electron chi connectivity index (χ4n) is 3.72. The molecule has 1 aromatic heterocycles. The van der Waals surface area contributed by atoms with E-state index in [0.29, 0.717) is 0 Å². The Balaban J connectivity index is 2.08. The molecule has 0 saturated heterocycles. The van der Waals surface area contributed by atoms with E-state index < -0.39 is 0 Å². The first-order chi connectivity index (χ1) is 11.4. The number of benzene rings is 4. The summed E-state index contributed by atoms with van der Waals surface area (Å²) < 4.78 is 2.38. The Morgan fingerprint density at radius 2 is 1.52 bits per heavy atom. The molecule has 0 atom stereocenters. The molecule has 0 bridgehead atoms. The monoisotopic (exact) mass is 359 g/mol. The molecule has 4 aromatic carbocycles. The summed E-state index contributed by atoms with van der Waals surface area (Å²) in [6.45, 7) is 0. The zero-order valence-electron chi connectivity index (χ0n) is 12.5. The highest BCUT2D eigenvalue weighted by atomic mass is 79.9. The molecule has 0 N–H and O–H groups in total. The highest BCUT2D eigenvalue weighted by Gasteiger charge is 2.17. The molecule has 0 spiro atoms. The number of alkyl halides is 1. The lowest BCUT2D eigenvalue weighted by Crippen LogP contribution is -1.93.